The Bertz CT molecular complexity index is 1180. The van der Waals surface area contributed by atoms with E-state index in [1.54, 1.807) is 32.2 Å². The van der Waals surface area contributed by atoms with Gasteiger partial charge in [0.1, 0.15) is 5.75 Å². The van der Waals surface area contributed by atoms with Gasteiger partial charge in [-0.1, -0.05) is 37.6 Å². The number of nitrogens with one attached hydrogen (secondary N) is 1. The number of nitrogens with zero attached hydrogens (tertiary/aromatic N) is 1. The van der Waals surface area contributed by atoms with Crippen LogP contribution in [0.3, 0.4) is 0 Å². The zero-order valence-corrected chi connectivity index (χ0v) is 19.9. The molecule has 0 amide bonds. The molecule has 4 rings (SSSR count). The zero-order chi connectivity index (χ0) is 22.7. The normalized spacial score (nSPS) is 16.1. The molecule has 1 aromatic heterocycles. The van der Waals surface area contributed by atoms with E-state index in [0.717, 1.165) is 35.5 Å². The molecule has 1 fully saturated rings. The Morgan fingerprint density at radius 2 is 1.69 bits per heavy atom. The third-order valence-corrected chi connectivity index (χ3v) is 8.25. The highest BCUT2D eigenvalue weighted by Gasteiger charge is 2.21. The first-order chi connectivity index (χ1) is 15.4. The molecule has 0 spiro atoms. The minimum atomic E-state index is -3.32. The number of aromatic nitrogens is 1. The Labute approximate surface area is 191 Å². The minimum absolute atomic E-state index is 0.0643. The van der Waals surface area contributed by atoms with Crippen LogP contribution in [0.15, 0.2) is 59.5 Å². The molecule has 3 aromatic rings. The molecule has 2 aromatic carbocycles. The lowest BCUT2D eigenvalue weighted by Crippen LogP contribution is -2.32. The van der Waals surface area contributed by atoms with Crippen molar-refractivity contribution in [1.29, 1.82) is 0 Å². The van der Waals surface area contributed by atoms with Crippen molar-refractivity contribution in [3.05, 3.63) is 60.3 Å². The highest BCUT2D eigenvalue weighted by atomic mass is 32.2. The fourth-order valence-electron chi connectivity index (χ4n) is 4.53. The van der Waals surface area contributed by atoms with E-state index in [1.165, 1.54) is 25.0 Å². The molecule has 2 heterocycles. The van der Waals surface area contributed by atoms with Crippen LogP contribution in [-0.2, 0) is 9.84 Å². The van der Waals surface area contributed by atoms with Crippen LogP contribution < -0.4 is 4.74 Å². The van der Waals surface area contributed by atoms with Gasteiger partial charge in [-0.2, -0.15) is 0 Å². The van der Waals surface area contributed by atoms with Crippen molar-refractivity contribution in [1.82, 2.24) is 9.88 Å². The molecule has 1 atom stereocenters. The number of benzene rings is 2. The van der Waals surface area contributed by atoms with Crippen molar-refractivity contribution in [3.8, 4) is 28.1 Å². The second-order valence-corrected chi connectivity index (χ2v) is 10.7. The molecule has 170 valence electrons. The van der Waals surface area contributed by atoms with Gasteiger partial charge < -0.3 is 9.72 Å². The second kappa shape index (κ2) is 9.51. The number of rotatable bonds is 7. The number of ether oxygens (including phenoxy) is 1. The highest BCUT2D eigenvalue weighted by Crippen LogP contribution is 2.39. The van der Waals surface area contributed by atoms with Crippen LogP contribution >= 0.6 is 0 Å². The molecule has 1 N–H and O–H groups in total. The van der Waals surface area contributed by atoms with Gasteiger partial charge in [0, 0.05) is 28.6 Å². The fraction of sp³-hybridized carbons (Fsp3) is 0.385. The Hall–Kier alpha value is -2.57. The summed E-state index contributed by atoms with van der Waals surface area (Å²) in [6, 6.07) is 17.8. The summed E-state index contributed by atoms with van der Waals surface area (Å²) in [4.78, 5) is 6.48. The van der Waals surface area contributed by atoms with E-state index in [2.05, 4.69) is 35.0 Å². The molecule has 32 heavy (non-hydrogen) atoms. The molecule has 6 heteroatoms. The van der Waals surface area contributed by atoms with Crippen LogP contribution in [0.4, 0.5) is 0 Å². The lowest BCUT2D eigenvalue weighted by Gasteiger charge is -2.31. The first-order valence-electron chi connectivity index (χ1n) is 11.4. The van der Waals surface area contributed by atoms with E-state index in [-0.39, 0.29) is 5.75 Å². The van der Waals surface area contributed by atoms with Crippen molar-refractivity contribution in [2.45, 2.75) is 44.0 Å². The van der Waals surface area contributed by atoms with E-state index in [1.807, 2.05) is 18.2 Å². The molecule has 1 saturated heterocycles. The standard InChI is InChI=1S/C26H32N2O3S/c1-4-32(29,30)20-12-15-26(31-3)23(18-20)21-10-6-7-11-22(21)25-14-13-24(27-25)19(2)28-16-8-5-9-17-28/h6-7,10-15,18-19,27H,4-5,8-9,16-17H2,1-3H3. The zero-order valence-electron chi connectivity index (χ0n) is 19.1. The third kappa shape index (κ3) is 4.48. The number of piperidine rings is 1. The van der Waals surface area contributed by atoms with Crippen molar-refractivity contribution in [3.63, 3.8) is 0 Å². The molecule has 1 aliphatic rings. The van der Waals surface area contributed by atoms with Crippen LogP contribution in [0.5, 0.6) is 5.75 Å². The molecule has 0 saturated carbocycles. The Kier molecular flexibility index (Phi) is 6.72. The van der Waals surface area contributed by atoms with Gasteiger partial charge in [0.15, 0.2) is 9.84 Å². The van der Waals surface area contributed by atoms with Gasteiger partial charge in [0.25, 0.3) is 0 Å². The molecular formula is C26H32N2O3S. The minimum Gasteiger partial charge on any atom is -0.496 e. The van der Waals surface area contributed by atoms with Gasteiger partial charge in [-0.25, -0.2) is 8.42 Å². The van der Waals surface area contributed by atoms with E-state index in [0.29, 0.717) is 16.7 Å². The summed E-state index contributed by atoms with van der Waals surface area (Å²) >= 11 is 0. The number of H-pyrrole nitrogens is 1. The quantitative estimate of drug-likeness (QED) is 0.500. The van der Waals surface area contributed by atoms with Crippen molar-refractivity contribution < 1.29 is 13.2 Å². The SMILES string of the molecule is CCS(=O)(=O)c1ccc(OC)c(-c2ccccc2-c2ccc(C(C)N3CCCCC3)[nH]2)c1. The van der Waals surface area contributed by atoms with Gasteiger partial charge in [0.2, 0.25) is 0 Å². The van der Waals surface area contributed by atoms with Crippen molar-refractivity contribution >= 4 is 9.84 Å². The monoisotopic (exact) mass is 452 g/mol. The van der Waals surface area contributed by atoms with Crippen LogP contribution in [0.25, 0.3) is 22.4 Å². The van der Waals surface area contributed by atoms with Crippen LogP contribution in [0, 0.1) is 0 Å². The molecular weight excluding hydrogens is 420 g/mol. The maximum atomic E-state index is 12.5. The average molecular weight is 453 g/mol. The summed E-state index contributed by atoms with van der Waals surface area (Å²) < 4.78 is 30.6. The second-order valence-electron chi connectivity index (χ2n) is 8.41. The summed E-state index contributed by atoms with van der Waals surface area (Å²) in [5.41, 5.74) is 4.96. The summed E-state index contributed by atoms with van der Waals surface area (Å²) in [7, 11) is -1.71. The average Bonchev–Trinajstić information content (AvgIpc) is 3.34. The predicted molar refractivity (Wildman–Crippen MR) is 130 cm³/mol. The molecule has 1 aliphatic heterocycles. The molecule has 1 unspecified atom stereocenters. The Balaban J connectivity index is 1.75. The van der Waals surface area contributed by atoms with Crippen molar-refractivity contribution in [2.75, 3.05) is 26.0 Å². The largest absolute Gasteiger partial charge is 0.496 e. The summed E-state index contributed by atoms with van der Waals surface area (Å²) in [5, 5.41) is 0. The first-order valence-corrected chi connectivity index (χ1v) is 13.0. The van der Waals surface area contributed by atoms with Gasteiger partial charge in [-0.3, -0.25) is 4.90 Å². The number of sulfone groups is 1. The maximum Gasteiger partial charge on any atom is 0.178 e. The van der Waals surface area contributed by atoms with Gasteiger partial charge in [0.05, 0.1) is 17.8 Å². The fourth-order valence-corrected chi connectivity index (χ4v) is 5.43. The van der Waals surface area contributed by atoms with Crippen molar-refractivity contribution in [2.24, 2.45) is 0 Å². The number of likely N-dealkylation sites (tertiary alicyclic amines) is 1. The number of hydrogen-bond acceptors (Lipinski definition) is 4. The van der Waals surface area contributed by atoms with Gasteiger partial charge >= 0.3 is 0 Å². The lowest BCUT2D eigenvalue weighted by atomic mass is 9.97. The van der Waals surface area contributed by atoms with E-state index in [4.69, 9.17) is 4.74 Å². The van der Waals surface area contributed by atoms with E-state index < -0.39 is 9.84 Å². The Morgan fingerprint density at radius 3 is 2.38 bits per heavy atom. The number of hydrogen-bond donors (Lipinski definition) is 1. The lowest BCUT2D eigenvalue weighted by molar-refractivity contribution is 0.172. The summed E-state index contributed by atoms with van der Waals surface area (Å²) in [6.45, 7) is 6.20. The topological polar surface area (TPSA) is 62.4 Å². The smallest absolute Gasteiger partial charge is 0.178 e. The summed E-state index contributed by atoms with van der Waals surface area (Å²) in [6.07, 6.45) is 3.84. The van der Waals surface area contributed by atoms with Crippen LogP contribution in [0.1, 0.15) is 44.8 Å². The van der Waals surface area contributed by atoms with Gasteiger partial charge in [-0.05, 0) is 68.8 Å². The Morgan fingerprint density at radius 1 is 0.969 bits per heavy atom. The molecule has 0 aliphatic carbocycles. The first kappa shape index (κ1) is 22.6. The third-order valence-electron chi connectivity index (χ3n) is 6.51. The number of aromatic amines is 1. The van der Waals surface area contributed by atoms with E-state index in [9.17, 15) is 8.42 Å². The highest BCUT2D eigenvalue weighted by molar-refractivity contribution is 7.91. The molecule has 5 nitrogen and oxygen atoms in total. The van der Waals surface area contributed by atoms with E-state index >= 15 is 0 Å². The molecule has 0 radical (unpaired) electrons. The molecule has 0 bridgehead atoms. The predicted octanol–water partition coefficient (Wildman–Crippen LogP) is 5.70. The number of methoxy groups -OCH3 is 1. The maximum absolute atomic E-state index is 12.5. The van der Waals surface area contributed by atoms with Crippen LogP contribution in [0.2, 0.25) is 0 Å². The van der Waals surface area contributed by atoms with Crippen LogP contribution in [-0.4, -0.2) is 44.3 Å². The van der Waals surface area contributed by atoms with Gasteiger partial charge in [-0.15, -0.1) is 0 Å². The summed E-state index contributed by atoms with van der Waals surface area (Å²) in [5.74, 6) is 0.718.